The van der Waals surface area contributed by atoms with Gasteiger partial charge in [-0.05, 0) is 24.3 Å². The molecule has 1 aromatic heterocycles. The van der Waals surface area contributed by atoms with Crippen molar-refractivity contribution in [2.75, 3.05) is 18.8 Å². The van der Waals surface area contributed by atoms with E-state index in [9.17, 15) is 13.6 Å². The van der Waals surface area contributed by atoms with E-state index in [0.717, 1.165) is 11.8 Å². The predicted molar refractivity (Wildman–Crippen MR) is 94.1 cm³/mol. The first-order valence-corrected chi connectivity index (χ1v) is 9.05. The van der Waals surface area contributed by atoms with Crippen LogP contribution in [-0.2, 0) is 4.79 Å². The lowest BCUT2D eigenvalue weighted by atomic mass is 10.2. The Morgan fingerprint density at radius 3 is 2.39 bits per heavy atom. The summed E-state index contributed by atoms with van der Waals surface area (Å²) in [5, 5.41) is 25.2. The second-order valence-corrected chi connectivity index (χ2v) is 6.19. The maximum atomic E-state index is 12.3. The standard InChI is InChI=1S/C17H15F2N5O3S/c18-16(19)26-13-5-3-12(4-6-13)15-22-23-17(27-15)28-11-14(25)24(9-1-7-20)10-2-8-21/h3-6,16H,1-2,9-11H2. The first kappa shape index (κ1) is 21.1. The van der Waals surface area contributed by atoms with Crippen molar-refractivity contribution in [2.24, 2.45) is 0 Å². The van der Waals surface area contributed by atoms with Crippen molar-refractivity contribution < 1.29 is 22.7 Å². The second kappa shape index (κ2) is 10.8. The monoisotopic (exact) mass is 407 g/mol. The highest BCUT2D eigenvalue weighted by atomic mass is 32.2. The van der Waals surface area contributed by atoms with Gasteiger partial charge in [0.15, 0.2) is 0 Å². The summed E-state index contributed by atoms with van der Waals surface area (Å²) < 4.78 is 34.1. The van der Waals surface area contributed by atoms with Crippen molar-refractivity contribution in [3.8, 4) is 29.3 Å². The lowest BCUT2D eigenvalue weighted by Gasteiger charge is -2.19. The molecule has 11 heteroatoms. The summed E-state index contributed by atoms with van der Waals surface area (Å²) in [6.45, 7) is -2.41. The normalized spacial score (nSPS) is 10.3. The van der Waals surface area contributed by atoms with Gasteiger partial charge in [0.05, 0.1) is 30.7 Å². The number of nitrogens with zero attached hydrogens (tertiary/aromatic N) is 5. The molecule has 1 amide bonds. The molecule has 0 aliphatic rings. The number of hydrogen-bond donors (Lipinski definition) is 0. The Balaban J connectivity index is 1.93. The third-order valence-electron chi connectivity index (χ3n) is 3.39. The summed E-state index contributed by atoms with van der Waals surface area (Å²) in [5.74, 6) is -0.0546. The average Bonchev–Trinajstić information content (AvgIpc) is 3.15. The maximum absolute atomic E-state index is 12.3. The van der Waals surface area contributed by atoms with Gasteiger partial charge in [-0.2, -0.15) is 19.3 Å². The smallest absolute Gasteiger partial charge is 0.387 e. The predicted octanol–water partition coefficient (Wildman–Crippen LogP) is 3.09. The zero-order chi connectivity index (χ0) is 20.4. The molecule has 8 nitrogen and oxygen atoms in total. The van der Waals surface area contributed by atoms with Crippen molar-refractivity contribution in [1.29, 1.82) is 10.5 Å². The number of amides is 1. The van der Waals surface area contributed by atoms with Gasteiger partial charge in [-0.15, -0.1) is 10.2 Å². The Kier molecular flexibility index (Phi) is 8.18. The summed E-state index contributed by atoms with van der Waals surface area (Å²) in [6.07, 6.45) is 0.357. The van der Waals surface area contributed by atoms with Crippen LogP contribution in [0.4, 0.5) is 8.78 Å². The van der Waals surface area contributed by atoms with Crippen LogP contribution >= 0.6 is 11.8 Å². The zero-order valence-electron chi connectivity index (χ0n) is 14.5. The van der Waals surface area contributed by atoms with Crippen LogP contribution in [0, 0.1) is 22.7 Å². The molecule has 0 saturated carbocycles. The van der Waals surface area contributed by atoms with Gasteiger partial charge in [0, 0.05) is 18.7 Å². The first-order valence-electron chi connectivity index (χ1n) is 8.06. The highest BCUT2D eigenvalue weighted by Gasteiger charge is 2.16. The van der Waals surface area contributed by atoms with E-state index >= 15 is 0 Å². The third-order valence-corrected chi connectivity index (χ3v) is 4.19. The summed E-state index contributed by atoms with van der Waals surface area (Å²) >= 11 is 1.03. The van der Waals surface area contributed by atoms with E-state index in [0.29, 0.717) is 5.56 Å². The van der Waals surface area contributed by atoms with Crippen LogP contribution < -0.4 is 4.74 Å². The fourth-order valence-electron chi connectivity index (χ4n) is 2.11. The fourth-order valence-corrected chi connectivity index (χ4v) is 2.78. The number of benzene rings is 1. The van der Waals surface area contributed by atoms with Gasteiger partial charge in [-0.1, -0.05) is 11.8 Å². The van der Waals surface area contributed by atoms with E-state index in [2.05, 4.69) is 14.9 Å². The third kappa shape index (κ3) is 6.52. The number of carbonyl (C=O) groups excluding carboxylic acids is 1. The number of ether oxygens (including phenoxy) is 1. The number of thioether (sulfide) groups is 1. The van der Waals surface area contributed by atoms with Crippen molar-refractivity contribution in [3.63, 3.8) is 0 Å². The fraction of sp³-hybridized carbons (Fsp3) is 0.353. The Labute approximate surface area is 163 Å². The van der Waals surface area contributed by atoms with Crippen molar-refractivity contribution >= 4 is 17.7 Å². The van der Waals surface area contributed by atoms with E-state index < -0.39 is 6.61 Å². The summed E-state index contributed by atoms with van der Waals surface area (Å²) in [5.41, 5.74) is 0.511. The van der Waals surface area contributed by atoms with Crippen LogP contribution in [0.15, 0.2) is 33.9 Å². The topological polar surface area (TPSA) is 116 Å². The minimum atomic E-state index is -2.91. The molecule has 1 heterocycles. The zero-order valence-corrected chi connectivity index (χ0v) is 15.4. The molecule has 146 valence electrons. The van der Waals surface area contributed by atoms with Crippen LogP contribution in [-0.4, -0.2) is 46.5 Å². The van der Waals surface area contributed by atoms with Crippen LogP contribution in [0.3, 0.4) is 0 Å². The highest BCUT2D eigenvalue weighted by molar-refractivity contribution is 7.99. The molecule has 0 unspecified atom stereocenters. The van der Waals surface area contributed by atoms with Gasteiger partial charge >= 0.3 is 6.61 Å². The van der Waals surface area contributed by atoms with Gasteiger partial charge in [0.25, 0.3) is 5.22 Å². The maximum Gasteiger partial charge on any atom is 0.387 e. The van der Waals surface area contributed by atoms with Crippen molar-refractivity contribution in [3.05, 3.63) is 24.3 Å². The van der Waals surface area contributed by atoms with Crippen LogP contribution in [0.2, 0.25) is 0 Å². The van der Waals surface area contributed by atoms with Crippen molar-refractivity contribution in [1.82, 2.24) is 15.1 Å². The van der Waals surface area contributed by atoms with Gasteiger partial charge in [-0.25, -0.2) is 0 Å². The number of alkyl halides is 2. The molecule has 0 aliphatic carbocycles. The van der Waals surface area contributed by atoms with E-state index in [1.54, 1.807) is 0 Å². The number of hydrogen-bond acceptors (Lipinski definition) is 8. The Morgan fingerprint density at radius 1 is 1.18 bits per heavy atom. The molecule has 0 fully saturated rings. The average molecular weight is 407 g/mol. The Hall–Kier alpha value is -3.18. The van der Waals surface area contributed by atoms with E-state index in [1.807, 2.05) is 12.1 Å². The molecule has 2 rings (SSSR count). The Bertz CT molecular complexity index is 843. The molecular weight excluding hydrogens is 392 g/mol. The highest BCUT2D eigenvalue weighted by Crippen LogP contribution is 2.25. The first-order chi connectivity index (χ1) is 13.5. The molecule has 0 saturated heterocycles. The Morgan fingerprint density at radius 2 is 1.82 bits per heavy atom. The molecule has 0 bridgehead atoms. The number of halogens is 2. The second-order valence-electron chi connectivity index (χ2n) is 5.26. The van der Waals surface area contributed by atoms with Crippen LogP contribution in [0.1, 0.15) is 12.8 Å². The lowest BCUT2D eigenvalue weighted by molar-refractivity contribution is -0.128. The van der Waals surface area contributed by atoms with Crippen molar-refractivity contribution in [2.45, 2.75) is 24.7 Å². The van der Waals surface area contributed by atoms with Gasteiger partial charge in [-0.3, -0.25) is 4.79 Å². The number of rotatable bonds is 10. The number of aromatic nitrogens is 2. The van der Waals surface area contributed by atoms with E-state index in [1.165, 1.54) is 29.2 Å². The van der Waals surface area contributed by atoms with Gasteiger partial charge < -0.3 is 14.1 Å². The summed E-state index contributed by atoms with van der Waals surface area (Å²) in [7, 11) is 0. The quantitative estimate of drug-likeness (QED) is 0.552. The number of carbonyl (C=O) groups is 1. The summed E-state index contributed by atoms with van der Waals surface area (Å²) in [6, 6.07) is 9.62. The summed E-state index contributed by atoms with van der Waals surface area (Å²) in [4.78, 5) is 13.7. The number of nitriles is 2. The van der Waals surface area contributed by atoms with E-state index in [4.69, 9.17) is 14.9 Å². The molecular formula is C17H15F2N5O3S. The largest absolute Gasteiger partial charge is 0.435 e. The molecule has 2 aromatic rings. The molecule has 0 spiro atoms. The SMILES string of the molecule is N#CCCN(CCC#N)C(=O)CSc1nnc(-c2ccc(OC(F)F)cc2)o1. The lowest BCUT2D eigenvalue weighted by Crippen LogP contribution is -2.34. The van der Waals surface area contributed by atoms with E-state index in [-0.39, 0.29) is 54.5 Å². The molecule has 0 N–H and O–H groups in total. The van der Waals surface area contributed by atoms with Crippen LogP contribution in [0.5, 0.6) is 5.75 Å². The molecule has 0 atom stereocenters. The van der Waals surface area contributed by atoms with Crippen LogP contribution in [0.25, 0.3) is 11.5 Å². The minimum Gasteiger partial charge on any atom is -0.435 e. The minimum absolute atomic E-state index is 0.00768. The van der Waals surface area contributed by atoms with Gasteiger partial charge in [0.2, 0.25) is 11.8 Å². The molecule has 1 aromatic carbocycles. The molecule has 0 aliphatic heterocycles. The molecule has 28 heavy (non-hydrogen) atoms. The van der Waals surface area contributed by atoms with Gasteiger partial charge in [0.1, 0.15) is 5.75 Å². The molecule has 0 radical (unpaired) electrons.